The minimum atomic E-state index is -3.69. The molecule has 0 aromatic heterocycles. The van der Waals surface area contributed by atoms with E-state index in [0.717, 1.165) is 0 Å². The highest BCUT2D eigenvalue weighted by molar-refractivity contribution is 7.92. The fraction of sp³-hybridized carbons (Fsp3) is 0.800. The van der Waals surface area contributed by atoms with Gasteiger partial charge in [-0.05, 0) is 0 Å². The fourth-order valence-corrected chi connectivity index (χ4v) is 3.18. The quantitative estimate of drug-likeness (QED) is 0.691. The van der Waals surface area contributed by atoms with Crippen LogP contribution >= 0.6 is 0 Å². The summed E-state index contributed by atoms with van der Waals surface area (Å²) in [5, 5.41) is 8.65. The zero-order chi connectivity index (χ0) is 13.8. The number of carbonyl (C=O) groups excluding carboxylic acids is 1. The van der Waals surface area contributed by atoms with Crippen LogP contribution < -0.4 is 0 Å². The molecule has 8 heteroatoms. The number of ether oxygens (including phenoxy) is 1. The molecule has 1 unspecified atom stereocenters. The number of hydrogen-bond donors (Lipinski definition) is 1. The SMILES string of the molecule is CC(CS(=O)(=O)CC(=O)N1CCOCC1)C(=O)O. The first-order chi connectivity index (χ1) is 8.32. The minimum Gasteiger partial charge on any atom is -0.481 e. The molecular formula is C10H17NO6S. The molecule has 1 N–H and O–H groups in total. The number of amides is 1. The highest BCUT2D eigenvalue weighted by Crippen LogP contribution is 2.05. The van der Waals surface area contributed by atoms with Crippen molar-refractivity contribution < 1.29 is 27.9 Å². The summed E-state index contributed by atoms with van der Waals surface area (Å²) in [7, 11) is -3.69. The highest BCUT2D eigenvalue weighted by atomic mass is 32.2. The van der Waals surface area contributed by atoms with Gasteiger partial charge in [-0.1, -0.05) is 6.92 Å². The van der Waals surface area contributed by atoms with Gasteiger partial charge in [0, 0.05) is 13.1 Å². The van der Waals surface area contributed by atoms with E-state index in [0.29, 0.717) is 26.3 Å². The molecule has 0 spiro atoms. The van der Waals surface area contributed by atoms with Gasteiger partial charge in [-0.25, -0.2) is 8.42 Å². The van der Waals surface area contributed by atoms with E-state index in [-0.39, 0.29) is 0 Å². The number of carboxylic acids is 1. The van der Waals surface area contributed by atoms with Gasteiger partial charge in [-0.3, -0.25) is 9.59 Å². The maximum Gasteiger partial charge on any atom is 0.307 e. The second-order valence-corrected chi connectivity index (χ2v) is 6.40. The van der Waals surface area contributed by atoms with Crippen molar-refractivity contribution in [3.05, 3.63) is 0 Å². The Morgan fingerprint density at radius 2 is 1.89 bits per heavy atom. The Bertz CT molecular complexity index is 412. The maximum atomic E-state index is 11.7. The van der Waals surface area contributed by atoms with Crippen molar-refractivity contribution in [3.63, 3.8) is 0 Å². The van der Waals surface area contributed by atoms with Gasteiger partial charge in [-0.2, -0.15) is 0 Å². The minimum absolute atomic E-state index is 0.378. The van der Waals surface area contributed by atoms with E-state index < -0.39 is 39.1 Å². The molecule has 0 bridgehead atoms. The van der Waals surface area contributed by atoms with Crippen LogP contribution in [0.25, 0.3) is 0 Å². The molecule has 104 valence electrons. The van der Waals surface area contributed by atoms with Gasteiger partial charge in [0.1, 0.15) is 5.75 Å². The molecular weight excluding hydrogens is 262 g/mol. The number of carbonyl (C=O) groups is 2. The van der Waals surface area contributed by atoms with Crippen LogP contribution in [0.5, 0.6) is 0 Å². The van der Waals surface area contributed by atoms with Crippen LogP contribution in [0.3, 0.4) is 0 Å². The third-order valence-electron chi connectivity index (χ3n) is 2.63. The van der Waals surface area contributed by atoms with Crippen LogP contribution in [0.4, 0.5) is 0 Å². The normalized spacial score (nSPS) is 18.4. The second kappa shape index (κ2) is 6.14. The molecule has 1 amide bonds. The summed E-state index contributed by atoms with van der Waals surface area (Å²) in [4.78, 5) is 23.7. The van der Waals surface area contributed by atoms with Crippen LogP contribution in [-0.4, -0.2) is 68.1 Å². The van der Waals surface area contributed by atoms with Gasteiger partial charge in [-0.15, -0.1) is 0 Å². The Kier molecular flexibility index (Phi) is 5.09. The predicted octanol–water partition coefficient (Wildman–Crippen LogP) is -1.02. The lowest BCUT2D eigenvalue weighted by atomic mass is 10.2. The molecule has 1 heterocycles. The first kappa shape index (κ1) is 14.9. The summed E-state index contributed by atoms with van der Waals surface area (Å²) in [6.45, 7) is 2.86. The standard InChI is InChI=1S/C10H17NO6S/c1-8(10(13)14)6-18(15,16)7-9(12)11-2-4-17-5-3-11/h8H,2-7H2,1H3,(H,13,14). The average molecular weight is 279 g/mol. The van der Waals surface area contributed by atoms with E-state index in [2.05, 4.69) is 0 Å². The summed E-state index contributed by atoms with van der Waals surface area (Å²) in [6.07, 6.45) is 0. The van der Waals surface area contributed by atoms with Crippen LogP contribution in [0.15, 0.2) is 0 Å². The molecule has 1 rings (SSSR count). The van der Waals surface area contributed by atoms with Crippen molar-refractivity contribution in [2.45, 2.75) is 6.92 Å². The maximum absolute atomic E-state index is 11.7. The molecule has 1 fully saturated rings. The van der Waals surface area contributed by atoms with Crippen molar-refractivity contribution in [3.8, 4) is 0 Å². The zero-order valence-corrected chi connectivity index (χ0v) is 11.0. The lowest BCUT2D eigenvalue weighted by molar-refractivity contribution is -0.140. The van der Waals surface area contributed by atoms with Gasteiger partial charge in [0.25, 0.3) is 0 Å². The van der Waals surface area contributed by atoms with E-state index >= 15 is 0 Å². The third kappa shape index (κ3) is 4.61. The molecule has 1 atom stereocenters. The molecule has 0 radical (unpaired) electrons. The number of nitrogens with zero attached hydrogens (tertiary/aromatic N) is 1. The van der Waals surface area contributed by atoms with Gasteiger partial charge in [0.15, 0.2) is 9.84 Å². The van der Waals surface area contributed by atoms with Crippen molar-refractivity contribution in [2.75, 3.05) is 37.8 Å². The number of rotatable bonds is 5. The molecule has 7 nitrogen and oxygen atoms in total. The van der Waals surface area contributed by atoms with Crippen molar-refractivity contribution in [2.24, 2.45) is 5.92 Å². The molecule has 18 heavy (non-hydrogen) atoms. The Labute approximate surface area is 106 Å². The summed E-state index contributed by atoms with van der Waals surface area (Å²) in [6, 6.07) is 0. The Morgan fingerprint density at radius 1 is 1.33 bits per heavy atom. The van der Waals surface area contributed by atoms with E-state index in [9.17, 15) is 18.0 Å². The van der Waals surface area contributed by atoms with E-state index in [1.165, 1.54) is 11.8 Å². The van der Waals surface area contributed by atoms with Gasteiger partial charge < -0.3 is 14.7 Å². The number of carboxylic acid groups (broad SMARTS) is 1. The molecule has 0 aromatic rings. The number of morpholine rings is 1. The zero-order valence-electron chi connectivity index (χ0n) is 10.2. The predicted molar refractivity (Wildman–Crippen MR) is 62.9 cm³/mol. The van der Waals surface area contributed by atoms with Crippen LogP contribution in [0.2, 0.25) is 0 Å². The Morgan fingerprint density at radius 3 is 2.39 bits per heavy atom. The average Bonchev–Trinajstić information content (AvgIpc) is 2.28. The van der Waals surface area contributed by atoms with Crippen LogP contribution in [-0.2, 0) is 24.2 Å². The second-order valence-electron chi connectivity index (χ2n) is 4.29. The van der Waals surface area contributed by atoms with Crippen molar-refractivity contribution >= 4 is 21.7 Å². The number of sulfone groups is 1. The molecule has 0 aromatic carbocycles. The summed E-state index contributed by atoms with van der Waals surface area (Å²) in [5.74, 6) is -3.83. The molecule has 1 aliphatic heterocycles. The van der Waals surface area contributed by atoms with Gasteiger partial charge >= 0.3 is 5.97 Å². The van der Waals surface area contributed by atoms with Gasteiger partial charge in [0.05, 0.1) is 24.9 Å². The van der Waals surface area contributed by atoms with Crippen molar-refractivity contribution in [1.29, 1.82) is 0 Å². The molecule has 1 aliphatic rings. The van der Waals surface area contributed by atoms with E-state index in [4.69, 9.17) is 9.84 Å². The highest BCUT2D eigenvalue weighted by Gasteiger charge is 2.26. The van der Waals surface area contributed by atoms with E-state index in [1.54, 1.807) is 0 Å². The summed E-state index contributed by atoms with van der Waals surface area (Å²) in [5.41, 5.74) is 0. The van der Waals surface area contributed by atoms with Crippen LogP contribution in [0, 0.1) is 5.92 Å². The third-order valence-corrected chi connectivity index (χ3v) is 4.33. The number of hydrogen-bond acceptors (Lipinski definition) is 5. The topological polar surface area (TPSA) is 101 Å². The fourth-order valence-electron chi connectivity index (χ4n) is 1.60. The Balaban J connectivity index is 2.54. The largest absolute Gasteiger partial charge is 0.481 e. The van der Waals surface area contributed by atoms with E-state index in [1.807, 2.05) is 0 Å². The Hall–Kier alpha value is -1.15. The lowest BCUT2D eigenvalue weighted by Gasteiger charge is -2.26. The smallest absolute Gasteiger partial charge is 0.307 e. The summed E-state index contributed by atoms with van der Waals surface area (Å²) < 4.78 is 28.4. The van der Waals surface area contributed by atoms with Crippen molar-refractivity contribution in [1.82, 2.24) is 4.90 Å². The molecule has 0 saturated carbocycles. The first-order valence-electron chi connectivity index (χ1n) is 5.60. The molecule has 1 saturated heterocycles. The number of aliphatic carboxylic acids is 1. The van der Waals surface area contributed by atoms with Gasteiger partial charge in [0.2, 0.25) is 5.91 Å². The summed E-state index contributed by atoms with van der Waals surface area (Å²) >= 11 is 0. The monoisotopic (exact) mass is 279 g/mol. The lowest BCUT2D eigenvalue weighted by Crippen LogP contribution is -2.44. The van der Waals surface area contributed by atoms with Crippen LogP contribution in [0.1, 0.15) is 6.92 Å². The molecule has 0 aliphatic carbocycles. The first-order valence-corrected chi connectivity index (χ1v) is 7.43.